The van der Waals surface area contributed by atoms with E-state index < -0.39 is 15.6 Å². The van der Waals surface area contributed by atoms with Crippen LogP contribution in [0.15, 0.2) is 51.9 Å². The van der Waals surface area contributed by atoms with Gasteiger partial charge in [0, 0.05) is 23.6 Å². The summed E-state index contributed by atoms with van der Waals surface area (Å²) in [5.41, 5.74) is 0.520. The maximum atomic E-state index is 12.4. The Labute approximate surface area is 183 Å². The zero-order chi connectivity index (χ0) is 21.7. The van der Waals surface area contributed by atoms with Crippen molar-refractivity contribution in [1.29, 1.82) is 0 Å². The summed E-state index contributed by atoms with van der Waals surface area (Å²) in [6.45, 7) is 0. The van der Waals surface area contributed by atoms with Crippen LogP contribution in [0.3, 0.4) is 0 Å². The summed E-state index contributed by atoms with van der Waals surface area (Å²) >= 11 is 11.8. The Morgan fingerprint density at radius 3 is 2.57 bits per heavy atom. The highest BCUT2D eigenvalue weighted by Crippen LogP contribution is 2.27. The summed E-state index contributed by atoms with van der Waals surface area (Å²) in [6.07, 6.45) is 0.221. The number of amides is 1. The Hall–Kier alpha value is -2.62. The first kappa shape index (κ1) is 22.1. The van der Waals surface area contributed by atoms with Crippen LogP contribution in [-0.4, -0.2) is 31.6 Å². The number of ether oxygens (including phenoxy) is 1. The number of halogens is 2. The molecule has 1 aromatic heterocycles. The Morgan fingerprint density at radius 2 is 1.90 bits per heavy atom. The molecule has 0 aliphatic heterocycles. The summed E-state index contributed by atoms with van der Waals surface area (Å²) in [7, 11) is -2.15. The minimum Gasteiger partial charge on any atom is -0.495 e. The highest BCUT2D eigenvalue weighted by Gasteiger charge is 2.19. The zero-order valence-corrected chi connectivity index (χ0v) is 18.1. The third kappa shape index (κ3) is 5.71. The van der Waals surface area contributed by atoms with Crippen molar-refractivity contribution >= 4 is 44.6 Å². The smallest absolute Gasteiger partial charge is 0.227 e. The van der Waals surface area contributed by atoms with Gasteiger partial charge in [-0.15, -0.1) is 0 Å². The van der Waals surface area contributed by atoms with Crippen molar-refractivity contribution in [3.05, 3.63) is 64.2 Å². The lowest BCUT2D eigenvalue weighted by molar-refractivity contribution is -0.116. The third-order valence-corrected chi connectivity index (χ3v) is 6.18. The molecule has 0 spiro atoms. The van der Waals surface area contributed by atoms with Gasteiger partial charge in [0.1, 0.15) is 11.5 Å². The summed E-state index contributed by atoms with van der Waals surface area (Å²) in [6, 6.07) is 10.7. The van der Waals surface area contributed by atoms with Crippen molar-refractivity contribution < 1.29 is 22.5 Å². The van der Waals surface area contributed by atoms with Gasteiger partial charge >= 0.3 is 0 Å². The van der Waals surface area contributed by atoms with Gasteiger partial charge in [-0.3, -0.25) is 4.79 Å². The van der Waals surface area contributed by atoms with Crippen LogP contribution in [0.25, 0.3) is 0 Å². The minimum absolute atomic E-state index is 0.0160. The molecule has 30 heavy (non-hydrogen) atoms. The number of hydrogen-bond acceptors (Lipinski definition) is 7. The molecule has 0 fully saturated rings. The van der Waals surface area contributed by atoms with Gasteiger partial charge in [-0.05, 0) is 42.5 Å². The van der Waals surface area contributed by atoms with Gasteiger partial charge in [-0.25, -0.2) is 8.42 Å². The van der Waals surface area contributed by atoms with Crippen molar-refractivity contribution in [2.75, 3.05) is 12.4 Å². The lowest BCUT2D eigenvalue weighted by Crippen LogP contribution is -2.12. The number of benzene rings is 2. The predicted octanol–water partition coefficient (Wildman–Crippen LogP) is 3.93. The maximum Gasteiger partial charge on any atom is 0.227 e. The van der Waals surface area contributed by atoms with Crippen LogP contribution >= 0.6 is 23.2 Å². The SMILES string of the molecule is COc1ccc(NC(=O)CCc2nc(CS(=O)(=O)c3ccc(Cl)cc3)no2)cc1Cl. The second kappa shape index (κ2) is 9.46. The van der Waals surface area contributed by atoms with E-state index >= 15 is 0 Å². The zero-order valence-electron chi connectivity index (χ0n) is 15.8. The molecule has 0 radical (unpaired) electrons. The van der Waals surface area contributed by atoms with Crippen LogP contribution in [0, 0.1) is 0 Å². The fourth-order valence-corrected chi connectivity index (χ4v) is 4.09. The molecule has 0 saturated carbocycles. The molecule has 0 saturated heterocycles. The van der Waals surface area contributed by atoms with Gasteiger partial charge in [0.25, 0.3) is 0 Å². The first-order valence-electron chi connectivity index (χ1n) is 8.70. The van der Waals surface area contributed by atoms with E-state index in [4.69, 9.17) is 32.5 Å². The largest absolute Gasteiger partial charge is 0.495 e. The van der Waals surface area contributed by atoms with E-state index in [1.807, 2.05) is 0 Å². The van der Waals surface area contributed by atoms with E-state index in [-0.39, 0.29) is 35.4 Å². The van der Waals surface area contributed by atoms with Gasteiger partial charge in [0.15, 0.2) is 15.7 Å². The number of carbonyl (C=O) groups excluding carboxylic acids is 1. The highest BCUT2D eigenvalue weighted by molar-refractivity contribution is 7.90. The highest BCUT2D eigenvalue weighted by atomic mass is 35.5. The van der Waals surface area contributed by atoms with Crippen LogP contribution in [0.1, 0.15) is 18.1 Å². The summed E-state index contributed by atoms with van der Waals surface area (Å²) in [5, 5.41) is 7.19. The molecule has 8 nitrogen and oxygen atoms in total. The van der Waals surface area contributed by atoms with E-state index in [9.17, 15) is 13.2 Å². The van der Waals surface area contributed by atoms with E-state index in [0.717, 1.165) is 0 Å². The number of nitrogens with one attached hydrogen (secondary N) is 1. The van der Waals surface area contributed by atoms with Gasteiger partial charge in [0.2, 0.25) is 11.8 Å². The molecule has 0 unspecified atom stereocenters. The number of aromatic nitrogens is 2. The van der Waals surface area contributed by atoms with Crippen LogP contribution < -0.4 is 10.1 Å². The van der Waals surface area contributed by atoms with Gasteiger partial charge in [-0.2, -0.15) is 4.98 Å². The van der Waals surface area contributed by atoms with E-state index in [2.05, 4.69) is 15.5 Å². The number of sulfone groups is 1. The van der Waals surface area contributed by atoms with E-state index in [1.165, 1.54) is 31.4 Å². The number of hydrogen-bond donors (Lipinski definition) is 1. The molecule has 3 aromatic rings. The molecule has 1 heterocycles. The number of methoxy groups -OCH3 is 1. The first-order chi connectivity index (χ1) is 14.3. The summed E-state index contributed by atoms with van der Waals surface area (Å²) in [5.74, 6) is -0.0258. The third-order valence-electron chi connectivity index (χ3n) is 4.00. The van der Waals surface area contributed by atoms with Crippen LogP contribution in [0.5, 0.6) is 5.75 Å². The van der Waals surface area contributed by atoms with Crippen molar-refractivity contribution in [2.45, 2.75) is 23.5 Å². The Balaban J connectivity index is 1.55. The summed E-state index contributed by atoms with van der Waals surface area (Å²) < 4.78 is 34.9. The summed E-state index contributed by atoms with van der Waals surface area (Å²) in [4.78, 5) is 16.3. The van der Waals surface area contributed by atoms with Gasteiger partial charge in [0.05, 0.1) is 17.0 Å². The van der Waals surface area contributed by atoms with Crippen LogP contribution in [0.2, 0.25) is 10.0 Å². The topological polar surface area (TPSA) is 111 Å². The molecule has 0 aliphatic carbocycles. The normalized spacial score (nSPS) is 11.3. The molecule has 3 rings (SSSR count). The fourth-order valence-electron chi connectivity index (χ4n) is 2.53. The predicted molar refractivity (Wildman–Crippen MR) is 112 cm³/mol. The number of carbonyl (C=O) groups is 1. The van der Waals surface area contributed by atoms with E-state index in [1.54, 1.807) is 18.2 Å². The second-order valence-corrected chi connectivity index (χ2v) is 9.05. The lowest BCUT2D eigenvalue weighted by atomic mass is 10.2. The number of aryl methyl sites for hydroxylation is 1. The number of rotatable bonds is 8. The average Bonchev–Trinajstić information content (AvgIpc) is 3.13. The Morgan fingerprint density at radius 1 is 1.17 bits per heavy atom. The molecular formula is C19H17Cl2N3O5S. The van der Waals surface area contributed by atoms with Crippen LogP contribution in [-0.2, 0) is 26.8 Å². The molecule has 11 heteroatoms. The monoisotopic (exact) mass is 469 g/mol. The van der Waals surface area contributed by atoms with E-state index in [0.29, 0.717) is 21.5 Å². The van der Waals surface area contributed by atoms with Crippen molar-refractivity contribution in [1.82, 2.24) is 10.1 Å². The Bertz CT molecular complexity index is 1150. The van der Waals surface area contributed by atoms with Crippen molar-refractivity contribution in [3.8, 4) is 5.75 Å². The Kier molecular flexibility index (Phi) is 6.96. The minimum atomic E-state index is -3.64. The standard InChI is InChI=1S/C19H17Cl2N3O5S/c1-28-16-7-4-13(10-15(16)21)22-18(25)8-9-19-23-17(24-29-19)11-30(26,27)14-5-2-12(20)3-6-14/h2-7,10H,8-9,11H2,1H3,(H,22,25). The first-order valence-corrected chi connectivity index (χ1v) is 11.1. The van der Waals surface area contributed by atoms with Gasteiger partial charge < -0.3 is 14.6 Å². The molecular weight excluding hydrogens is 453 g/mol. The molecule has 0 bridgehead atoms. The fraction of sp³-hybridized carbons (Fsp3) is 0.211. The number of nitrogens with zero attached hydrogens (tertiary/aromatic N) is 2. The van der Waals surface area contributed by atoms with Crippen molar-refractivity contribution in [3.63, 3.8) is 0 Å². The van der Waals surface area contributed by atoms with Gasteiger partial charge in [-0.1, -0.05) is 28.4 Å². The van der Waals surface area contributed by atoms with Crippen molar-refractivity contribution in [2.24, 2.45) is 0 Å². The second-order valence-electron chi connectivity index (χ2n) is 6.21. The lowest BCUT2D eigenvalue weighted by Gasteiger charge is -2.07. The average molecular weight is 470 g/mol. The maximum absolute atomic E-state index is 12.4. The molecule has 2 aromatic carbocycles. The number of anilines is 1. The molecule has 0 atom stereocenters. The van der Waals surface area contributed by atoms with Crippen LogP contribution in [0.4, 0.5) is 5.69 Å². The molecule has 158 valence electrons. The molecule has 1 amide bonds. The quantitative estimate of drug-likeness (QED) is 0.531. The molecule has 1 N–H and O–H groups in total. The molecule has 0 aliphatic rings.